The lowest BCUT2D eigenvalue weighted by Crippen LogP contribution is -2.37. The van der Waals surface area contributed by atoms with Crippen LogP contribution in [-0.2, 0) is 6.42 Å². The zero-order chi connectivity index (χ0) is 23.0. The summed E-state index contributed by atoms with van der Waals surface area (Å²) < 4.78 is 1.44. The van der Waals surface area contributed by atoms with E-state index in [-0.39, 0.29) is 16.8 Å². The molecule has 0 saturated heterocycles. The van der Waals surface area contributed by atoms with E-state index in [0.717, 1.165) is 0 Å². The molecule has 0 atom stereocenters. The van der Waals surface area contributed by atoms with Crippen LogP contribution < -0.4 is 10.9 Å². The molecule has 0 bridgehead atoms. The molecular formula is C25H20ClN3O3. The highest BCUT2D eigenvalue weighted by Gasteiger charge is 2.35. The predicted molar refractivity (Wildman–Crippen MR) is 123 cm³/mol. The Morgan fingerprint density at radius 2 is 1.81 bits per heavy atom. The molecule has 2 aromatic carbocycles. The smallest absolute Gasteiger partial charge is 0.268 e. The molecule has 0 aliphatic heterocycles. The Bertz CT molecular complexity index is 1350. The van der Waals surface area contributed by atoms with Crippen molar-refractivity contribution in [3.63, 3.8) is 0 Å². The largest absolute Gasteiger partial charge is 0.322 e. The molecule has 6 nitrogen and oxygen atoms in total. The molecule has 160 valence electrons. The minimum Gasteiger partial charge on any atom is -0.322 e. The first-order chi connectivity index (χ1) is 15.2. The second kappa shape index (κ2) is 8.10. The monoisotopic (exact) mass is 445 g/mol. The number of rotatable bonds is 3. The molecule has 1 aromatic heterocycles. The van der Waals surface area contributed by atoms with Gasteiger partial charge in [-0.15, -0.1) is 0 Å². The summed E-state index contributed by atoms with van der Waals surface area (Å²) in [5.41, 5.74) is 1.27. The zero-order valence-corrected chi connectivity index (χ0v) is 18.4. The van der Waals surface area contributed by atoms with E-state index in [4.69, 9.17) is 16.9 Å². The van der Waals surface area contributed by atoms with Crippen LogP contribution in [0.25, 0.3) is 5.69 Å². The number of fused-ring (bicyclic) bond motifs is 1. The SMILES string of the molecule is CC1(C)CC(=O)c2cc(C(=O)Nc3cccc(C#N)c3)c(=O)n(-c3ccc(Cl)cc3)c2C1. The van der Waals surface area contributed by atoms with E-state index in [1.165, 1.54) is 16.7 Å². The molecule has 0 spiro atoms. The maximum Gasteiger partial charge on any atom is 0.268 e. The van der Waals surface area contributed by atoms with Crippen LogP contribution in [0.2, 0.25) is 5.02 Å². The highest BCUT2D eigenvalue weighted by atomic mass is 35.5. The number of nitriles is 1. The number of benzene rings is 2. The van der Waals surface area contributed by atoms with E-state index in [1.54, 1.807) is 42.5 Å². The van der Waals surface area contributed by atoms with Crippen molar-refractivity contribution in [3.8, 4) is 11.8 Å². The van der Waals surface area contributed by atoms with Crippen molar-refractivity contribution in [2.75, 3.05) is 5.32 Å². The molecule has 1 amide bonds. The van der Waals surface area contributed by atoms with Crippen molar-refractivity contribution in [2.24, 2.45) is 5.41 Å². The van der Waals surface area contributed by atoms with Crippen LogP contribution in [0.4, 0.5) is 5.69 Å². The molecule has 32 heavy (non-hydrogen) atoms. The van der Waals surface area contributed by atoms with Gasteiger partial charge in [-0.3, -0.25) is 19.0 Å². The quantitative estimate of drug-likeness (QED) is 0.628. The maximum absolute atomic E-state index is 13.5. The molecule has 7 heteroatoms. The fourth-order valence-corrected chi connectivity index (χ4v) is 4.13. The van der Waals surface area contributed by atoms with E-state index in [0.29, 0.717) is 46.1 Å². The molecule has 0 radical (unpaired) electrons. The van der Waals surface area contributed by atoms with Crippen molar-refractivity contribution in [1.82, 2.24) is 4.57 Å². The number of carbonyl (C=O) groups excluding carboxylic acids is 2. The van der Waals surface area contributed by atoms with Gasteiger partial charge < -0.3 is 5.32 Å². The van der Waals surface area contributed by atoms with Crippen LogP contribution in [0.1, 0.15) is 52.2 Å². The number of aromatic nitrogens is 1. The fraction of sp³-hybridized carbons (Fsp3) is 0.200. The predicted octanol–water partition coefficient (Wildman–Crippen LogP) is 4.77. The average molecular weight is 446 g/mol. The second-order valence-electron chi connectivity index (χ2n) is 8.62. The first-order valence-electron chi connectivity index (χ1n) is 10.1. The number of amides is 1. The van der Waals surface area contributed by atoms with Gasteiger partial charge in [-0.2, -0.15) is 5.26 Å². The van der Waals surface area contributed by atoms with Gasteiger partial charge in [-0.25, -0.2) is 0 Å². The number of hydrogen-bond acceptors (Lipinski definition) is 4. The zero-order valence-electron chi connectivity index (χ0n) is 17.6. The molecular weight excluding hydrogens is 426 g/mol. The van der Waals surface area contributed by atoms with Gasteiger partial charge in [0.05, 0.1) is 11.6 Å². The molecule has 4 rings (SSSR count). The molecule has 0 fully saturated rings. The van der Waals surface area contributed by atoms with E-state index in [2.05, 4.69) is 5.32 Å². The molecule has 1 N–H and O–H groups in total. The van der Waals surface area contributed by atoms with Crippen molar-refractivity contribution < 1.29 is 9.59 Å². The normalized spacial score (nSPS) is 14.4. The number of nitrogens with zero attached hydrogens (tertiary/aromatic N) is 2. The summed E-state index contributed by atoms with van der Waals surface area (Å²) >= 11 is 6.02. The van der Waals surface area contributed by atoms with Crippen molar-refractivity contribution in [3.05, 3.63) is 92.4 Å². The lowest BCUT2D eigenvalue weighted by molar-refractivity contribution is 0.0909. The highest BCUT2D eigenvalue weighted by Crippen LogP contribution is 2.35. The van der Waals surface area contributed by atoms with Gasteiger partial charge >= 0.3 is 0 Å². The van der Waals surface area contributed by atoms with Crippen LogP contribution in [0.5, 0.6) is 0 Å². The minimum absolute atomic E-state index is 0.112. The summed E-state index contributed by atoms with van der Waals surface area (Å²) in [6.45, 7) is 3.96. The van der Waals surface area contributed by atoms with E-state index >= 15 is 0 Å². The molecule has 0 unspecified atom stereocenters. The van der Waals surface area contributed by atoms with Crippen LogP contribution in [0.3, 0.4) is 0 Å². The van der Waals surface area contributed by atoms with Crippen LogP contribution in [0.15, 0.2) is 59.4 Å². The standard InChI is InChI=1S/C25H20ClN3O3/c1-25(2)12-21-19(22(30)13-25)11-20(23(31)28-17-5-3-4-15(10-17)14-27)24(32)29(21)18-8-6-16(26)7-9-18/h3-11H,12-13H2,1-2H3,(H,28,31). The van der Waals surface area contributed by atoms with E-state index in [9.17, 15) is 14.4 Å². The van der Waals surface area contributed by atoms with Crippen molar-refractivity contribution in [1.29, 1.82) is 5.26 Å². The van der Waals surface area contributed by atoms with E-state index in [1.807, 2.05) is 19.9 Å². The number of pyridine rings is 1. The summed E-state index contributed by atoms with van der Waals surface area (Å²) in [5, 5.41) is 12.3. The minimum atomic E-state index is -0.645. The summed E-state index contributed by atoms with van der Waals surface area (Å²) in [4.78, 5) is 39.5. The average Bonchev–Trinajstić information content (AvgIpc) is 2.73. The lowest BCUT2D eigenvalue weighted by Gasteiger charge is -2.32. The molecule has 0 saturated carbocycles. The summed E-state index contributed by atoms with van der Waals surface area (Å²) in [7, 11) is 0. The molecule has 1 heterocycles. The topological polar surface area (TPSA) is 92.0 Å². The number of carbonyl (C=O) groups is 2. The summed E-state index contributed by atoms with van der Waals surface area (Å²) in [6.07, 6.45) is 0.835. The first kappa shape index (κ1) is 21.5. The third kappa shape index (κ3) is 4.08. The van der Waals surface area contributed by atoms with Crippen LogP contribution in [-0.4, -0.2) is 16.3 Å². The summed E-state index contributed by atoms with van der Waals surface area (Å²) in [5.74, 6) is -0.757. The third-order valence-electron chi connectivity index (χ3n) is 5.47. The van der Waals surface area contributed by atoms with Gasteiger partial charge in [0.2, 0.25) is 0 Å². The Morgan fingerprint density at radius 3 is 2.50 bits per heavy atom. The number of anilines is 1. The van der Waals surface area contributed by atoms with Gasteiger partial charge in [0.15, 0.2) is 5.78 Å². The van der Waals surface area contributed by atoms with Crippen LogP contribution in [0, 0.1) is 16.7 Å². The van der Waals surface area contributed by atoms with Gasteiger partial charge in [0.1, 0.15) is 5.56 Å². The van der Waals surface area contributed by atoms with Gasteiger partial charge in [-0.1, -0.05) is 31.5 Å². The van der Waals surface area contributed by atoms with Crippen molar-refractivity contribution in [2.45, 2.75) is 26.7 Å². The Balaban J connectivity index is 1.88. The number of nitrogens with one attached hydrogen (secondary N) is 1. The number of hydrogen-bond donors (Lipinski definition) is 1. The number of halogens is 1. The lowest BCUT2D eigenvalue weighted by atomic mass is 9.75. The number of ketones is 1. The maximum atomic E-state index is 13.5. The number of Topliss-reactive ketones (excluding diaryl/α,β-unsaturated/α-hetero) is 1. The summed E-state index contributed by atoms with van der Waals surface area (Å²) in [6, 6.07) is 16.5. The van der Waals surface area contributed by atoms with Crippen LogP contribution >= 0.6 is 11.6 Å². The Labute approximate surface area is 190 Å². The Kier molecular flexibility index (Phi) is 5.45. The fourth-order valence-electron chi connectivity index (χ4n) is 4.01. The van der Waals surface area contributed by atoms with Gasteiger partial charge in [0.25, 0.3) is 11.5 Å². The Morgan fingerprint density at radius 1 is 1.09 bits per heavy atom. The molecule has 1 aliphatic rings. The second-order valence-corrected chi connectivity index (χ2v) is 9.06. The highest BCUT2D eigenvalue weighted by molar-refractivity contribution is 6.30. The van der Waals surface area contributed by atoms with Gasteiger partial charge in [0, 0.05) is 34.1 Å². The van der Waals surface area contributed by atoms with Crippen molar-refractivity contribution >= 4 is 29.0 Å². The first-order valence-corrected chi connectivity index (χ1v) is 10.5. The van der Waals surface area contributed by atoms with Gasteiger partial charge in [-0.05, 0) is 60.4 Å². The Hall–Kier alpha value is -3.69. The van der Waals surface area contributed by atoms with E-state index < -0.39 is 11.5 Å². The molecule has 3 aromatic rings. The molecule has 1 aliphatic carbocycles. The third-order valence-corrected chi connectivity index (χ3v) is 5.72.